The maximum Gasteiger partial charge on any atom is 0.307 e. The highest BCUT2D eigenvalue weighted by Gasteiger charge is 2.42. The Kier molecular flexibility index (Phi) is 3.17. The Morgan fingerprint density at radius 2 is 2.00 bits per heavy atom. The van der Waals surface area contributed by atoms with Gasteiger partial charge in [0.25, 0.3) is 0 Å². The molecule has 0 bridgehead atoms. The van der Waals surface area contributed by atoms with Gasteiger partial charge in [0.1, 0.15) is 0 Å². The van der Waals surface area contributed by atoms with E-state index in [-0.39, 0.29) is 11.8 Å². The summed E-state index contributed by atoms with van der Waals surface area (Å²) in [5.41, 5.74) is 0. The van der Waals surface area contributed by atoms with Crippen molar-refractivity contribution in [3.8, 4) is 0 Å². The first-order valence-corrected chi connectivity index (χ1v) is 6.16. The largest absolute Gasteiger partial charge is 0.481 e. The summed E-state index contributed by atoms with van der Waals surface area (Å²) < 4.78 is 0. The summed E-state index contributed by atoms with van der Waals surface area (Å²) in [6.45, 7) is 2.12. The van der Waals surface area contributed by atoms with Crippen molar-refractivity contribution in [1.29, 1.82) is 0 Å². The molecular weight excluding hydrogens is 206 g/mol. The summed E-state index contributed by atoms with van der Waals surface area (Å²) in [5, 5.41) is 12.0. The zero-order chi connectivity index (χ0) is 11.7. The Morgan fingerprint density at radius 3 is 2.56 bits per heavy atom. The monoisotopic (exact) mass is 225 g/mol. The molecule has 2 saturated carbocycles. The number of rotatable bonds is 4. The molecule has 90 valence electrons. The summed E-state index contributed by atoms with van der Waals surface area (Å²) in [6, 6.07) is 0.313. The highest BCUT2D eigenvalue weighted by Crippen LogP contribution is 2.36. The summed E-state index contributed by atoms with van der Waals surface area (Å²) in [7, 11) is 0. The van der Waals surface area contributed by atoms with Crippen LogP contribution in [0.25, 0.3) is 0 Å². The highest BCUT2D eigenvalue weighted by atomic mass is 16.4. The molecule has 2 aliphatic carbocycles. The van der Waals surface area contributed by atoms with Gasteiger partial charge < -0.3 is 10.4 Å². The minimum absolute atomic E-state index is 0.0362. The van der Waals surface area contributed by atoms with Gasteiger partial charge in [-0.1, -0.05) is 19.8 Å². The molecule has 0 spiro atoms. The Labute approximate surface area is 95.4 Å². The number of carbonyl (C=O) groups is 2. The standard InChI is InChI=1S/C12H19NO3/c1-2-7-6-10(7)13-11(14)8-4-3-5-9(8)12(15)16/h7-10H,2-6H2,1H3,(H,13,14)(H,15,16). The summed E-state index contributed by atoms with van der Waals surface area (Å²) in [4.78, 5) is 22.9. The Morgan fingerprint density at radius 1 is 1.31 bits per heavy atom. The zero-order valence-electron chi connectivity index (χ0n) is 9.61. The average molecular weight is 225 g/mol. The third-order valence-corrected chi connectivity index (χ3v) is 3.94. The predicted molar refractivity (Wildman–Crippen MR) is 58.8 cm³/mol. The van der Waals surface area contributed by atoms with Gasteiger partial charge in [0.05, 0.1) is 11.8 Å². The molecule has 16 heavy (non-hydrogen) atoms. The minimum Gasteiger partial charge on any atom is -0.481 e. The molecule has 2 fully saturated rings. The maximum atomic E-state index is 11.9. The molecule has 0 heterocycles. The van der Waals surface area contributed by atoms with E-state index in [0.29, 0.717) is 18.4 Å². The van der Waals surface area contributed by atoms with Gasteiger partial charge in [0, 0.05) is 6.04 Å². The summed E-state index contributed by atoms with van der Waals surface area (Å²) in [5.74, 6) is -0.991. The van der Waals surface area contributed by atoms with Crippen LogP contribution in [0.4, 0.5) is 0 Å². The van der Waals surface area contributed by atoms with E-state index < -0.39 is 11.9 Å². The molecule has 4 atom stereocenters. The fourth-order valence-corrected chi connectivity index (χ4v) is 2.73. The van der Waals surface area contributed by atoms with Crippen molar-refractivity contribution in [3.05, 3.63) is 0 Å². The van der Waals surface area contributed by atoms with Crippen LogP contribution in [0, 0.1) is 17.8 Å². The number of amides is 1. The van der Waals surface area contributed by atoms with Crippen molar-refractivity contribution >= 4 is 11.9 Å². The van der Waals surface area contributed by atoms with Crippen molar-refractivity contribution in [2.24, 2.45) is 17.8 Å². The minimum atomic E-state index is -0.819. The number of aliphatic carboxylic acids is 1. The van der Waals surface area contributed by atoms with Gasteiger partial charge in [-0.05, 0) is 25.2 Å². The second-order valence-electron chi connectivity index (χ2n) is 5.00. The number of hydrogen-bond acceptors (Lipinski definition) is 2. The average Bonchev–Trinajstić information content (AvgIpc) is 2.80. The lowest BCUT2D eigenvalue weighted by Gasteiger charge is -2.15. The summed E-state index contributed by atoms with van der Waals surface area (Å²) in [6.07, 6.45) is 4.39. The SMILES string of the molecule is CCC1CC1NC(=O)C1CCCC1C(=O)O. The number of carboxylic acids is 1. The number of hydrogen-bond donors (Lipinski definition) is 2. The van der Waals surface area contributed by atoms with Crippen molar-refractivity contribution in [2.45, 2.75) is 45.1 Å². The van der Waals surface area contributed by atoms with E-state index in [9.17, 15) is 9.59 Å². The molecule has 0 aromatic heterocycles. The molecule has 4 heteroatoms. The molecule has 0 aromatic carbocycles. The molecule has 2 aliphatic rings. The first-order valence-electron chi connectivity index (χ1n) is 6.16. The van der Waals surface area contributed by atoms with Gasteiger partial charge >= 0.3 is 5.97 Å². The molecule has 4 nitrogen and oxygen atoms in total. The molecule has 2 rings (SSSR count). The van der Waals surface area contributed by atoms with Gasteiger partial charge in [-0.2, -0.15) is 0 Å². The van der Waals surface area contributed by atoms with Crippen molar-refractivity contribution < 1.29 is 14.7 Å². The van der Waals surface area contributed by atoms with Crippen LogP contribution in [-0.4, -0.2) is 23.0 Å². The number of carbonyl (C=O) groups excluding carboxylic acids is 1. The predicted octanol–water partition coefficient (Wildman–Crippen LogP) is 1.40. The number of carboxylic acid groups (broad SMARTS) is 1. The van der Waals surface area contributed by atoms with Crippen LogP contribution in [0.1, 0.15) is 39.0 Å². The van der Waals surface area contributed by atoms with E-state index in [0.717, 1.165) is 25.7 Å². The van der Waals surface area contributed by atoms with E-state index in [4.69, 9.17) is 5.11 Å². The van der Waals surface area contributed by atoms with E-state index in [1.165, 1.54) is 0 Å². The van der Waals surface area contributed by atoms with Gasteiger partial charge in [0.15, 0.2) is 0 Å². The zero-order valence-corrected chi connectivity index (χ0v) is 9.61. The normalized spacial score (nSPS) is 37.1. The second-order valence-corrected chi connectivity index (χ2v) is 5.00. The van der Waals surface area contributed by atoms with Crippen molar-refractivity contribution in [1.82, 2.24) is 5.32 Å². The van der Waals surface area contributed by atoms with Crippen LogP contribution in [-0.2, 0) is 9.59 Å². The lowest BCUT2D eigenvalue weighted by molar-refractivity contribution is -0.146. The van der Waals surface area contributed by atoms with Gasteiger partial charge in [-0.3, -0.25) is 9.59 Å². The fraction of sp³-hybridized carbons (Fsp3) is 0.833. The second kappa shape index (κ2) is 4.44. The van der Waals surface area contributed by atoms with E-state index in [1.54, 1.807) is 0 Å². The van der Waals surface area contributed by atoms with Gasteiger partial charge in [-0.15, -0.1) is 0 Å². The molecule has 2 N–H and O–H groups in total. The van der Waals surface area contributed by atoms with Gasteiger partial charge in [-0.25, -0.2) is 0 Å². The van der Waals surface area contributed by atoms with Gasteiger partial charge in [0.2, 0.25) is 5.91 Å². The van der Waals surface area contributed by atoms with Crippen LogP contribution >= 0.6 is 0 Å². The van der Waals surface area contributed by atoms with Crippen LogP contribution in [0.3, 0.4) is 0 Å². The van der Waals surface area contributed by atoms with E-state index >= 15 is 0 Å². The fourth-order valence-electron chi connectivity index (χ4n) is 2.73. The Bertz CT molecular complexity index is 303. The third kappa shape index (κ3) is 2.20. The molecule has 4 unspecified atom stereocenters. The van der Waals surface area contributed by atoms with Crippen LogP contribution < -0.4 is 5.32 Å². The quantitative estimate of drug-likeness (QED) is 0.760. The highest BCUT2D eigenvalue weighted by molar-refractivity contribution is 5.85. The smallest absolute Gasteiger partial charge is 0.307 e. The molecule has 1 amide bonds. The third-order valence-electron chi connectivity index (χ3n) is 3.94. The van der Waals surface area contributed by atoms with Crippen LogP contribution in [0.5, 0.6) is 0 Å². The van der Waals surface area contributed by atoms with E-state index in [2.05, 4.69) is 12.2 Å². The van der Waals surface area contributed by atoms with Crippen molar-refractivity contribution in [2.75, 3.05) is 0 Å². The lowest BCUT2D eigenvalue weighted by atomic mass is 9.95. The number of nitrogens with one attached hydrogen (secondary N) is 1. The maximum absolute atomic E-state index is 11.9. The molecule has 0 radical (unpaired) electrons. The summed E-state index contributed by atoms with van der Waals surface area (Å²) >= 11 is 0. The van der Waals surface area contributed by atoms with Crippen LogP contribution in [0.15, 0.2) is 0 Å². The topological polar surface area (TPSA) is 66.4 Å². The first kappa shape index (κ1) is 11.4. The molecule has 0 saturated heterocycles. The lowest BCUT2D eigenvalue weighted by Crippen LogP contribution is -2.37. The Balaban J connectivity index is 1.87. The molecule has 0 aliphatic heterocycles. The molecule has 0 aromatic rings. The van der Waals surface area contributed by atoms with E-state index in [1.807, 2.05) is 0 Å². The van der Waals surface area contributed by atoms with Crippen LogP contribution in [0.2, 0.25) is 0 Å². The molecular formula is C12H19NO3. The van der Waals surface area contributed by atoms with Crippen molar-refractivity contribution in [3.63, 3.8) is 0 Å². The first-order chi connectivity index (χ1) is 7.63. The Hall–Kier alpha value is -1.06.